The molecule has 1 aromatic rings. The lowest BCUT2D eigenvalue weighted by Crippen LogP contribution is -2.54. The Balaban J connectivity index is 1.57. The largest absolute Gasteiger partial charge is 0.375 e. The first kappa shape index (κ1) is 16.9. The summed E-state index contributed by atoms with van der Waals surface area (Å²) in [7, 11) is -1.09. The summed E-state index contributed by atoms with van der Waals surface area (Å²) in [6, 6.07) is 9.79. The summed E-state index contributed by atoms with van der Waals surface area (Å²) in [4.78, 5) is 4.56. The fourth-order valence-electron chi connectivity index (χ4n) is 3.23. The normalized spacial score (nSPS) is 28.9. The minimum atomic E-state index is -3.19. The Morgan fingerprint density at radius 2 is 1.87 bits per heavy atom. The number of benzene rings is 1. The van der Waals surface area contributed by atoms with Gasteiger partial charge in [0.2, 0.25) is 10.0 Å². The van der Waals surface area contributed by atoms with Gasteiger partial charge in [-0.3, -0.25) is 4.90 Å². The number of nitrogens with one attached hydrogen (secondary N) is 1. The van der Waals surface area contributed by atoms with Crippen LogP contribution in [0.4, 0.5) is 0 Å². The van der Waals surface area contributed by atoms with Gasteiger partial charge >= 0.3 is 0 Å². The van der Waals surface area contributed by atoms with Gasteiger partial charge in [-0.25, -0.2) is 13.1 Å². The molecule has 0 unspecified atom stereocenters. The van der Waals surface area contributed by atoms with Crippen molar-refractivity contribution >= 4 is 10.0 Å². The molecule has 2 saturated heterocycles. The van der Waals surface area contributed by atoms with Crippen LogP contribution in [0.15, 0.2) is 30.3 Å². The Kier molecular flexibility index (Phi) is 5.33. The monoisotopic (exact) mass is 339 g/mol. The third-order valence-electron chi connectivity index (χ3n) is 4.60. The first-order valence-electron chi connectivity index (χ1n) is 8.08. The number of hydrogen-bond donors (Lipinski definition) is 1. The molecule has 0 radical (unpaired) electrons. The molecule has 7 heteroatoms. The molecule has 2 aliphatic rings. The van der Waals surface area contributed by atoms with E-state index in [0.29, 0.717) is 13.2 Å². The van der Waals surface area contributed by atoms with E-state index >= 15 is 0 Å². The van der Waals surface area contributed by atoms with Crippen molar-refractivity contribution in [3.63, 3.8) is 0 Å². The molecule has 1 N–H and O–H groups in total. The predicted octanol–water partition coefficient (Wildman–Crippen LogP) is 0.121. The van der Waals surface area contributed by atoms with Crippen molar-refractivity contribution in [3.05, 3.63) is 35.9 Å². The number of hydrogen-bond acceptors (Lipinski definition) is 5. The summed E-state index contributed by atoms with van der Waals surface area (Å²) in [5.74, 6) is 0.177. The molecular formula is C16H25N3O3S. The minimum Gasteiger partial charge on any atom is -0.375 e. The molecule has 2 fully saturated rings. The van der Waals surface area contributed by atoms with Gasteiger partial charge in [-0.15, -0.1) is 0 Å². The summed E-state index contributed by atoms with van der Waals surface area (Å²) in [5.41, 5.74) is 1.10. The molecule has 0 aromatic heterocycles. The minimum absolute atomic E-state index is 0.00414. The van der Waals surface area contributed by atoms with Gasteiger partial charge in [0.1, 0.15) is 0 Å². The quantitative estimate of drug-likeness (QED) is 0.826. The van der Waals surface area contributed by atoms with E-state index in [1.165, 1.54) is 0 Å². The van der Waals surface area contributed by atoms with Crippen LogP contribution in [0.2, 0.25) is 0 Å². The Bertz CT molecular complexity index is 600. The van der Waals surface area contributed by atoms with Crippen molar-refractivity contribution < 1.29 is 13.2 Å². The maximum Gasteiger partial charge on any atom is 0.213 e. The van der Waals surface area contributed by atoms with E-state index in [1.54, 1.807) is 0 Å². The van der Waals surface area contributed by atoms with Crippen molar-refractivity contribution in [1.82, 2.24) is 14.5 Å². The van der Waals surface area contributed by atoms with Gasteiger partial charge in [0.15, 0.2) is 0 Å². The van der Waals surface area contributed by atoms with Gasteiger partial charge in [-0.1, -0.05) is 30.3 Å². The number of ether oxygens (including phenoxy) is 1. The van der Waals surface area contributed by atoms with Crippen molar-refractivity contribution in [2.45, 2.75) is 18.7 Å². The van der Waals surface area contributed by atoms with Crippen LogP contribution in [0.1, 0.15) is 5.56 Å². The highest BCUT2D eigenvalue weighted by Gasteiger charge is 2.41. The van der Waals surface area contributed by atoms with Crippen molar-refractivity contribution in [2.75, 3.05) is 45.6 Å². The highest BCUT2D eigenvalue weighted by Crippen LogP contribution is 2.18. The fraction of sp³-hybridized carbons (Fsp3) is 0.625. The molecule has 2 heterocycles. The summed E-state index contributed by atoms with van der Waals surface area (Å²) >= 11 is 0. The predicted molar refractivity (Wildman–Crippen MR) is 89.7 cm³/mol. The molecule has 3 rings (SSSR count). The molecule has 6 nitrogen and oxygen atoms in total. The van der Waals surface area contributed by atoms with Crippen molar-refractivity contribution in [2.24, 2.45) is 0 Å². The van der Waals surface area contributed by atoms with Gasteiger partial charge in [0.25, 0.3) is 0 Å². The molecule has 0 aliphatic carbocycles. The lowest BCUT2D eigenvalue weighted by atomic mass is 10.1. The van der Waals surface area contributed by atoms with Crippen LogP contribution in [0.5, 0.6) is 0 Å². The topological polar surface area (TPSA) is 61.9 Å². The van der Waals surface area contributed by atoms with Crippen LogP contribution in [-0.4, -0.2) is 75.9 Å². The first-order valence-corrected chi connectivity index (χ1v) is 9.73. The lowest BCUT2D eigenvalue weighted by Gasteiger charge is -2.37. The van der Waals surface area contributed by atoms with E-state index in [1.807, 2.05) is 30.3 Å². The van der Waals surface area contributed by atoms with Gasteiger partial charge in [0, 0.05) is 32.2 Å². The highest BCUT2D eigenvalue weighted by atomic mass is 32.2. The van der Waals surface area contributed by atoms with Gasteiger partial charge < -0.3 is 9.64 Å². The van der Waals surface area contributed by atoms with Crippen LogP contribution in [-0.2, 0) is 21.4 Å². The maximum atomic E-state index is 12.0. The fourth-order valence-corrected chi connectivity index (χ4v) is 4.91. The zero-order valence-corrected chi connectivity index (χ0v) is 14.3. The van der Waals surface area contributed by atoms with Gasteiger partial charge in [-0.2, -0.15) is 0 Å². The van der Waals surface area contributed by atoms with Crippen LogP contribution in [0, 0.1) is 0 Å². The molecule has 0 amide bonds. The average molecular weight is 339 g/mol. The smallest absolute Gasteiger partial charge is 0.213 e. The number of nitrogens with zero attached hydrogens (tertiary/aromatic N) is 2. The molecule has 2 atom stereocenters. The second-order valence-electron chi connectivity index (χ2n) is 6.41. The third-order valence-corrected chi connectivity index (χ3v) is 6.04. The van der Waals surface area contributed by atoms with Crippen molar-refractivity contribution in [1.29, 1.82) is 0 Å². The van der Waals surface area contributed by atoms with Crippen LogP contribution < -0.4 is 4.72 Å². The molecule has 2 aliphatic heterocycles. The second kappa shape index (κ2) is 7.27. The molecular weight excluding hydrogens is 314 g/mol. The van der Waals surface area contributed by atoms with Crippen LogP contribution in [0.3, 0.4) is 0 Å². The summed E-state index contributed by atoms with van der Waals surface area (Å²) in [6.07, 6.45) is 0. The summed E-state index contributed by atoms with van der Waals surface area (Å²) in [5, 5.41) is 0. The number of sulfonamides is 1. The number of piperazine rings is 1. The van der Waals surface area contributed by atoms with E-state index < -0.39 is 10.0 Å². The Hall–Kier alpha value is -0.990. The average Bonchev–Trinajstić information content (AvgIpc) is 2.84. The maximum absolute atomic E-state index is 12.0. The Morgan fingerprint density at radius 3 is 2.57 bits per heavy atom. The SMILES string of the molecule is CN1CCN([C@H]2CS(=O)(=O)N[C@@H]2COCc2ccccc2)CC1. The van der Waals surface area contributed by atoms with Crippen LogP contribution >= 0.6 is 0 Å². The number of rotatable bonds is 5. The second-order valence-corrected chi connectivity index (χ2v) is 8.21. The first-order chi connectivity index (χ1) is 11.0. The zero-order chi connectivity index (χ0) is 16.3. The standard InChI is InChI=1S/C16H25N3O3S/c1-18-7-9-19(10-8-18)16-13-23(20,21)17-15(16)12-22-11-14-5-3-2-4-6-14/h2-6,15-17H,7-13H2,1H3/t15-,16+/m1/s1. The van der Waals surface area contributed by atoms with E-state index in [0.717, 1.165) is 31.7 Å². The van der Waals surface area contributed by atoms with E-state index in [4.69, 9.17) is 4.74 Å². The zero-order valence-electron chi connectivity index (χ0n) is 13.5. The van der Waals surface area contributed by atoms with E-state index in [2.05, 4.69) is 21.6 Å². The Morgan fingerprint density at radius 1 is 1.17 bits per heavy atom. The van der Waals surface area contributed by atoms with Crippen molar-refractivity contribution in [3.8, 4) is 0 Å². The third kappa shape index (κ3) is 4.51. The molecule has 128 valence electrons. The molecule has 0 bridgehead atoms. The molecule has 23 heavy (non-hydrogen) atoms. The summed E-state index contributed by atoms with van der Waals surface area (Å²) < 4.78 is 32.5. The number of likely N-dealkylation sites (N-methyl/N-ethyl adjacent to an activating group) is 1. The Labute approximate surface area is 138 Å². The van der Waals surface area contributed by atoms with Crippen LogP contribution in [0.25, 0.3) is 0 Å². The van der Waals surface area contributed by atoms with Gasteiger partial charge in [-0.05, 0) is 12.6 Å². The van der Waals surface area contributed by atoms with Gasteiger partial charge in [0.05, 0.1) is 25.0 Å². The van der Waals surface area contributed by atoms with E-state index in [-0.39, 0.29) is 17.8 Å². The molecule has 0 saturated carbocycles. The lowest BCUT2D eigenvalue weighted by molar-refractivity contribution is 0.0588. The van der Waals surface area contributed by atoms with E-state index in [9.17, 15) is 8.42 Å². The highest BCUT2D eigenvalue weighted by molar-refractivity contribution is 7.89. The molecule has 1 aromatic carbocycles. The molecule has 0 spiro atoms. The summed E-state index contributed by atoms with van der Waals surface area (Å²) in [6.45, 7) is 4.70.